The standard InChI is InChI=1S/C14H23/c1-9-10(2)12(14(6,7)8)11(9)13(3,4)5/h1H2,2-8H3/q+1. The van der Waals surface area contributed by atoms with Crippen LogP contribution in [0.2, 0.25) is 0 Å². The summed E-state index contributed by atoms with van der Waals surface area (Å²) in [5, 5.41) is 0. The van der Waals surface area contributed by atoms with E-state index in [1.54, 1.807) is 0 Å². The Morgan fingerprint density at radius 2 is 1.36 bits per heavy atom. The van der Waals surface area contributed by atoms with Gasteiger partial charge in [-0.2, -0.15) is 0 Å². The minimum Gasteiger partial charge on any atom is -0.0543 e. The zero-order valence-corrected chi connectivity index (χ0v) is 10.7. The Kier molecular flexibility index (Phi) is 2.38. The summed E-state index contributed by atoms with van der Waals surface area (Å²) in [7, 11) is 0. The van der Waals surface area contributed by atoms with E-state index in [1.165, 1.54) is 22.6 Å². The van der Waals surface area contributed by atoms with Crippen molar-refractivity contribution in [3.8, 4) is 0 Å². The number of rotatable bonds is 0. The van der Waals surface area contributed by atoms with Crippen LogP contribution in [-0.4, -0.2) is 0 Å². The SMILES string of the molecule is C=C1C(C(C)(C)C)=C(C(C)(C)C)[C+]1C. The maximum atomic E-state index is 4.16. The third-order valence-corrected chi connectivity index (χ3v) is 2.88. The monoisotopic (exact) mass is 191 g/mol. The van der Waals surface area contributed by atoms with Gasteiger partial charge in [-0.3, -0.25) is 0 Å². The molecule has 0 heteroatoms. The van der Waals surface area contributed by atoms with Crippen molar-refractivity contribution in [3.63, 3.8) is 0 Å². The second-order valence-electron chi connectivity index (χ2n) is 6.35. The Labute approximate surface area is 89.1 Å². The van der Waals surface area contributed by atoms with Crippen molar-refractivity contribution >= 4 is 0 Å². The minimum atomic E-state index is 0.235. The Hall–Kier alpha value is -0.650. The van der Waals surface area contributed by atoms with Gasteiger partial charge >= 0.3 is 0 Å². The molecule has 0 fully saturated rings. The molecular formula is C14H23+. The van der Waals surface area contributed by atoms with Crippen molar-refractivity contribution < 1.29 is 0 Å². The molecule has 0 radical (unpaired) electrons. The number of hydrogen-bond donors (Lipinski definition) is 0. The molecule has 1 aliphatic rings. The van der Waals surface area contributed by atoms with Crippen LogP contribution in [0.1, 0.15) is 48.5 Å². The summed E-state index contributed by atoms with van der Waals surface area (Å²) in [4.78, 5) is 0. The average Bonchev–Trinajstić information content (AvgIpc) is 1.93. The Bertz CT molecular complexity index is 289. The lowest BCUT2D eigenvalue weighted by atomic mass is 9.58. The summed E-state index contributed by atoms with van der Waals surface area (Å²) in [6.07, 6.45) is 0. The smallest absolute Gasteiger partial charge is 0.0543 e. The molecule has 0 N–H and O–H groups in total. The van der Waals surface area contributed by atoms with Gasteiger partial charge in [0.1, 0.15) is 0 Å². The van der Waals surface area contributed by atoms with Crippen molar-refractivity contribution in [2.75, 3.05) is 0 Å². The topological polar surface area (TPSA) is 0 Å². The first-order valence-electron chi connectivity index (χ1n) is 5.35. The minimum absolute atomic E-state index is 0.235. The van der Waals surface area contributed by atoms with Crippen molar-refractivity contribution in [2.45, 2.75) is 48.5 Å². The van der Waals surface area contributed by atoms with E-state index < -0.39 is 0 Å². The summed E-state index contributed by atoms with van der Waals surface area (Å²) in [6, 6.07) is 0. The molecule has 0 atom stereocenters. The van der Waals surface area contributed by atoms with Crippen LogP contribution in [0.5, 0.6) is 0 Å². The van der Waals surface area contributed by atoms with Crippen LogP contribution in [0.3, 0.4) is 0 Å². The first-order valence-corrected chi connectivity index (χ1v) is 5.35. The molecule has 14 heavy (non-hydrogen) atoms. The molecule has 0 saturated heterocycles. The largest absolute Gasteiger partial charge is 0.0957 e. The van der Waals surface area contributed by atoms with Gasteiger partial charge in [-0.25, -0.2) is 0 Å². The normalized spacial score (nSPS) is 18.8. The van der Waals surface area contributed by atoms with Crippen molar-refractivity contribution in [1.82, 2.24) is 0 Å². The average molecular weight is 191 g/mol. The lowest BCUT2D eigenvalue weighted by Gasteiger charge is -2.40. The molecule has 0 unspecified atom stereocenters. The summed E-state index contributed by atoms with van der Waals surface area (Å²) >= 11 is 0. The van der Waals surface area contributed by atoms with Gasteiger partial charge in [-0.05, 0) is 34.3 Å². The lowest BCUT2D eigenvalue weighted by molar-refractivity contribution is 0.424. The van der Waals surface area contributed by atoms with E-state index in [9.17, 15) is 0 Å². The zero-order valence-electron chi connectivity index (χ0n) is 10.7. The molecular weight excluding hydrogens is 168 g/mol. The molecule has 0 aromatic rings. The highest BCUT2D eigenvalue weighted by atomic mass is 14.5. The first kappa shape index (κ1) is 11.4. The second kappa shape index (κ2) is 2.92. The summed E-state index contributed by atoms with van der Waals surface area (Å²) < 4.78 is 0. The summed E-state index contributed by atoms with van der Waals surface area (Å²) in [6.45, 7) is 20.0. The fourth-order valence-electron chi connectivity index (χ4n) is 2.38. The van der Waals surface area contributed by atoms with Crippen molar-refractivity contribution in [3.05, 3.63) is 29.2 Å². The van der Waals surface area contributed by atoms with Crippen molar-refractivity contribution in [2.24, 2.45) is 10.8 Å². The van der Waals surface area contributed by atoms with Crippen LogP contribution in [0, 0.1) is 16.7 Å². The molecule has 0 amide bonds. The van der Waals surface area contributed by atoms with E-state index in [0.29, 0.717) is 0 Å². The third kappa shape index (κ3) is 1.63. The molecule has 0 heterocycles. The highest BCUT2D eigenvalue weighted by Crippen LogP contribution is 2.55. The van der Waals surface area contributed by atoms with Gasteiger partial charge in [0, 0.05) is 22.3 Å². The molecule has 0 bridgehead atoms. The van der Waals surface area contributed by atoms with Gasteiger partial charge < -0.3 is 0 Å². The van der Waals surface area contributed by atoms with Crippen LogP contribution < -0.4 is 0 Å². The second-order valence-corrected chi connectivity index (χ2v) is 6.35. The summed E-state index contributed by atoms with van der Waals surface area (Å²) in [5.74, 6) is 1.41. The van der Waals surface area contributed by atoms with Crippen LogP contribution in [0.15, 0.2) is 23.3 Å². The predicted molar refractivity (Wildman–Crippen MR) is 64.0 cm³/mol. The van der Waals surface area contributed by atoms with E-state index in [1.807, 2.05) is 0 Å². The van der Waals surface area contributed by atoms with E-state index in [2.05, 4.69) is 55.0 Å². The fraction of sp³-hybridized carbons (Fsp3) is 0.643. The lowest BCUT2D eigenvalue weighted by Crippen LogP contribution is -2.33. The van der Waals surface area contributed by atoms with Crippen LogP contribution in [0.4, 0.5) is 0 Å². The zero-order chi connectivity index (χ0) is 11.3. The van der Waals surface area contributed by atoms with E-state index in [4.69, 9.17) is 0 Å². The van der Waals surface area contributed by atoms with Crippen molar-refractivity contribution in [1.29, 1.82) is 0 Å². The van der Waals surface area contributed by atoms with Gasteiger partial charge in [-0.15, -0.1) is 0 Å². The molecule has 1 aliphatic carbocycles. The van der Waals surface area contributed by atoms with Crippen LogP contribution in [0.25, 0.3) is 0 Å². The molecule has 0 nitrogen and oxygen atoms in total. The number of allylic oxidation sites excluding steroid dienone is 3. The maximum Gasteiger partial charge on any atom is 0.0957 e. The van der Waals surface area contributed by atoms with E-state index >= 15 is 0 Å². The molecule has 0 aliphatic heterocycles. The van der Waals surface area contributed by atoms with Gasteiger partial charge in [-0.1, -0.05) is 20.8 Å². The van der Waals surface area contributed by atoms with Gasteiger partial charge in [0.15, 0.2) is 0 Å². The molecule has 1 rings (SSSR count). The van der Waals surface area contributed by atoms with E-state index in [-0.39, 0.29) is 10.8 Å². The highest BCUT2D eigenvalue weighted by Gasteiger charge is 2.47. The fourth-order valence-corrected chi connectivity index (χ4v) is 2.38. The molecule has 78 valence electrons. The Morgan fingerprint density at radius 3 is 1.57 bits per heavy atom. The first-order chi connectivity index (χ1) is 6.07. The van der Waals surface area contributed by atoms with Gasteiger partial charge in [0.2, 0.25) is 0 Å². The summed E-state index contributed by atoms with van der Waals surface area (Å²) in [5.41, 5.74) is 4.76. The highest BCUT2D eigenvalue weighted by molar-refractivity contribution is 5.66. The Morgan fingerprint density at radius 1 is 0.929 bits per heavy atom. The molecule has 0 saturated carbocycles. The Balaban J connectivity index is 3.24. The van der Waals surface area contributed by atoms with Crippen LogP contribution >= 0.6 is 0 Å². The number of hydrogen-bond acceptors (Lipinski definition) is 0. The third-order valence-electron chi connectivity index (χ3n) is 2.88. The van der Waals surface area contributed by atoms with Crippen LogP contribution in [-0.2, 0) is 0 Å². The maximum absolute atomic E-state index is 4.16. The van der Waals surface area contributed by atoms with Gasteiger partial charge in [0.05, 0.1) is 11.1 Å². The van der Waals surface area contributed by atoms with Gasteiger partial charge in [0.25, 0.3) is 0 Å². The predicted octanol–water partition coefficient (Wildman–Crippen LogP) is 4.54. The molecule has 0 aromatic heterocycles. The molecule has 0 aromatic carbocycles. The van der Waals surface area contributed by atoms with E-state index in [0.717, 1.165) is 0 Å². The molecule has 0 spiro atoms. The quantitative estimate of drug-likeness (QED) is 0.493.